The Labute approximate surface area is 139 Å². The van der Waals surface area contributed by atoms with E-state index in [1.54, 1.807) is 0 Å². The van der Waals surface area contributed by atoms with Crippen LogP contribution in [-0.4, -0.2) is 47.7 Å². The Kier molecular flexibility index (Phi) is 5.61. The van der Waals surface area contributed by atoms with Crippen molar-refractivity contribution >= 4 is 11.9 Å². The van der Waals surface area contributed by atoms with Gasteiger partial charge in [-0.15, -0.1) is 0 Å². The second-order valence-corrected chi connectivity index (χ2v) is 5.84. The van der Waals surface area contributed by atoms with E-state index >= 15 is 0 Å². The molecule has 1 heterocycles. The highest BCUT2D eigenvalue weighted by Crippen LogP contribution is 2.37. The molecule has 10 heteroatoms. The van der Waals surface area contributed by atoms with Gasteiger partial charge in [0.15, 0.2) is 0 Å². The number of halogens is 5. The van der Waals surface area contributed by atoms with Crippen LogP contribution in [0.4, 0.5) is 22.0 Å². The highest BCUT2D eigenvalue weighted by molar-refractivity contribution is 5.78. The van der Waals surface area contributed by atoms with Crippen molar-refractivity contribution in [2.75, 3.05) is 19.6 Å². The fraction of sp³-hybridized carbons (Fsp3) is 0.467. The maximum atomic E-state index is 13.0. The summed E-state index contributed by atoms with van der Waals surface area (Å²) in [6.45, 7) is -1.63. The molecule has 0 bridgehead atoms. The van der Waals surface area contributed by atoms with Crippen LogP contribution in [0, 0.1) is 23.5 Å². The number of carbonyl (C=O) groups excluding carboxylic acids is 1. The predicted octanol–water partition coefficient (Wildman–Crippen LogP) is 1.78. The zero-order valence-electron chi connectivity index (χ0n) is 12.8. The van der Waals surface area contributed by atoms with Gasteiger partial charge in [0.25, 0.3) is 0 Å². The number of amides is 1. The molecule has 138 valence electrons. The van der Waals surface area contributed by atoms with Crippen molar-refractivity contribution in [2.24, 2.45) is 11.8 Å². The van der Waals surface area contributed by atoms with Gasteiger partial charge in [-0.3, -0.25) is 14.5 Å². The van der Waals surface area contributed by atoms with Crippen LogP contribution in [0.25, 0.3) is 0 Å². The molecule has 1 amide bonds. The number of aliphatic carboxylic acids is 1. The van der Waals surface area contributed by atoms with Crippen LogP contribution in [-0.2, 0) is 16.1 Å². The monoisotopic (exact) mass is 366 g/mol. The van der Waals surface area contributed by atoms with E-state index in [9.17, 15) is 31.5 Å². The molecule has 0 saturated carbocycles. The highest BCUT2D eigenvalue weighted by Gasteiger charge is 2.52. The molecule has 1 saturated heterocycles. The minimum absolute atomic E-state index is 0.156. The average Bonchev–Trinajstić information content (AvgIpc) is 2.88. The standard InChI is InChI=1S/C15H15F5N2O3/c16-9-1-8(2-10(17)3-9)4-21-13(23)7-22-5-11(14(24)25)12(6-22)15(18,19)20/h1-3,11-12H,4-7H2,(H,21,23)(H,24,25)/t11-,12-/m1/s1. The van der Waals surface area contributed by atoms with Crippen LogP contribution in [0.15, 0.2) is 18.2 Å². The second-order valence-electron chi connectivity index (χ2n) is 5.84. The fourth-order valence-corrected chi connectivity index (χ4v) is 2.77. The van der Waals surface area contributed by atoms with Crippen molar-refractivity contribution in [1.29, 1.82) is 0 Å². The molecule has 0 spiro atoms. The molecular weight excluding hydrogens is 351 g/mol. The second kappa shape index (κ2) is 7.34. The van der Waals surface area contributed by atoms with Crippen molar-refractivity contribution in [3.05, 3.63) is 35.4 Å². The van der Waals surface area contributed by atoms with Crippen LogP contribution in [0.1, 0.15) is 5.56 Å². The molecule has 0 aromatic heterocycles. The summed E-state index contributed by atoms with van der Waals surface area (Å²) in [6.07, 6.45) is -4.67. The molecule has 2 rings (SSSR count). The predicted molar refractivity (Wildman–Crippen MR) is 75.3 cm³/mol. The van der Waals surface area contributed by atoms with E-state index in [4.69, 9.17) is 5.11 Å². The largest absolute Gasteiger partial charge is 0.481 e. The van der Waals surface area contributed by atoms with E-state index in [0.29, 0.717) is 6.07 Å². The summed E-state index contributed by atoms with van der Waals surface area (Å²) in [5.74, 6) is -7.56. The summed E-state index contributed by atoms with van der Waals surface area (Å²) in [5.41, 5.74) is 0.156. The minimum Gasteiger partial charge on any atom is -0.481 e. The Balaban J connectivity index is 1.91. The first-order valence-corrected chi connectivity index (χ1v) is 7.30. The lowest BCUT2D eigenvalue weighted by molar-refractivity contribution is -0.188. The Hall–Kier alpha value is -2.23. The Bertz CT molecular complexity index is 645. The third-order valence-electron chi connectivity index (χ3n) is 3.91. The number of nitrogens with zero attached hydrogens (tertiary/aromatic N) is 1. The first-order valence-electron chi connectivity index (χ1n) is 7.30. The average molecular weight is 366 g/mol. The Morgan fingerprint density at radius 2 is 1.76 bits per heavy atom. The Morgan fingerprint density at radius 3 is 2.24 bits per heavy atom. The topological polar surface area (TPSA) is 69.6 Å². The molecule has 1 aromatic rings. The van der Waals surface area contributed by atoms with Crippen molar-refractivity contribution in [3.8, 4) is 0 Å². The van der Waals surface area contributed by atoms with E-state index < -0.39 is 61.2 Å². The molecular formula is C15H15F5N2O3. The number of nitrogens with one attached hydrogen (secondary N) is 1. The van der Waals surface area contributed by atoms with Crippen molar-refractivity contribution in [1.82, 2.24) is 10.2 Å². The van der Waals surface area contributed by atoms with E-state index in [1.807, 2.05) is 0 Å². The third kappa shape index (κ3) is 5.12. The number of likely N-dealkylation sites (tertiary alicyclic amines) is 1. The van der Waals surface area contributed by atoms with Gasteiger partial charge in [0.05, 0.1) is 18.4 Å². The molecule has 2 atom stereocenters. The first kappa shape index (κ1) is 19.1. The molecule has 1 aromatic carbocycles. The van der Waals surface area contributed by atoms with Crippen molar-refractivity contribution in [3.63, 3.8) is 0 Å². The molecule has 0 radical (unpaired) electrons. The maximum Gasteiger partial charge on any atom is 0.393 e. The highest BCUT2D eigenvalue weighted by atomic mass is 19.4. The summed E-state index contributed by atoms with van der Waals surface area (Å²) >= 11 is 0. The van der Waals surface area contributed by atoms with E-state index in [0.717, 1.165) is 17.0 Å². The van der Waals surface area contributed by atoms with Gasteiger partial charge in [-0.2, -0.15) is 13.2 Å². The zero-order chi connectivity index (χ0) is 18.8. The number of carbonyl (C=O) groups is 2. The molecule has 1 aliphatic heterocycles. The number of hydrogen-bond acceptors (Lipinski definition) is 3. The molecule has 1 fully saturated rings. The van der Waals surface area contributed by atoms with Crippen LogP contribution < -0.4 is 5.32 Å². The molecule has 0 aliphatic carbocycles. The smallest absolute Gasteiger partial charge is 0.393 e. The van der Waals surface area contributed by atoms with Crippen LogP contribution in [0.3, 0.4) is 0 Å². The van der Waals surface area contributed by atoms with Crippen LogP contribution in [0.5, 0.6) is 0 Å². The number of carboxylic acids is 1. The molecule has 25 heavy (non-hydrogen) atoms. The summed E-state index contributed by atoms with van der Waals surface area (Å²) in [7, 11) is 0. The fourth-order valence-electron chi connectivity index (χ4n) is 2.77. The lowest BCUT2D eigenvalue weighted by Gasteiger charge is -2.18. The first-order chi connectivity index (χ1) is 11.6. The molecule has 0 unspecified atom stereocenters. The number of rotatable bonds is 5. The van der Waals surface area contributed by atoms with Gasteiger partial charge in [-0.1, -0.05) is 0 Å². The summed E-state index contributed by atoms with van der Waals surface area (Å²) < 4.78 is 64.7. The van der Waals surface area contributed by atoms with Gasteiger partial charge in [0.2, 0.25) is 5.91 Å². The van der Waals surface area contributed by atoms with Gasteiger partial charge < -0.3 is 10.4 Å². The summed E-state index contributed by atoms with van der Waals surface area (Å²) in [6, 6.07) is 2.69. The number of benzene rings is 1. The Morgan fingerprint density at radius 1 is 1.16 bits per heavy atom. The molecule has 5 nitrogen and oxygen atoms in total. The van der Waals surface area contributed by atoms with Gasteiger partial charge in [-0.25, -0.2) is 8.78 Å². The molecule has 2 N–H and O–H groups in total. The van der Waals surface area contributed by atoms with Gasteiger partial charge in [0.1, 0.15) is 11.6 Å². The van der Waals surface area contributed by atoms with Gasteiger partial charge >= 0.3 is 12.1 Å². The molecule has 1 aliphatic rings. The number of hydrogen-bond donors (Lipinski definition) is 2. The summed E-state index contributed by atoms with van der Waals surface area (Å²) in [4.78, 5) is 23.9. The lowest BCUT2D eigenvalue weighted by atomic mass is 9.96. The third-order valence-corrected chi connectivity index (χ3v) is 3.91. The number of alkyl halides is 3. The SMILES string of the molecule is O=C(CN1C[C@@H](C(F)(F)F)[C@H](C(=O)O)C1)NCc1cc(F)cc(F)c1. The quantitative estimate of drug-likeness (QED) is 0.780. The summed E-state index contributed by atoms with van der Waals surface area (Å²) in [5, 5.41) is 11.2. The van der Waals surface area contributed by atoms with Crippen molar-refractivity contribution in [2.45, 2.75) is 12.7 Å². The minimum atomic E-state index is -4.67. The number of carboxylic acid groups (broad SMARTS) is 1. The maximum absolute atomic E-state index is 13.0. The lowest BCUT2D eigenvalue weighted by Crippen LogP contribution is -2.36. The van der Waals surface area contributed by atoms with Gasteiger partial charge in [0, 0.05) is 25.7 Å². The van der Waals surface area contributed by atoms with E-state index in [1.165, 1.54) is 0 Å². The van der Waals surface area contributed by atoms with Gasteiger partial charge in [-0.05, 0) is 17.7 Å². The normalized spacial score (nSPS) is 21.3. The van der Waals surface area contributed by atoms with E-state index in [2.05, 4.69) is 5.32 Å². The zero-order valence-corrected chi connectivity index (χ0v) is 12.8. The van der Waals surface area contributed by atoms with E-state index in [-0.39, 0.29) is 12.1 Å². The van der Waals surface area contributed by atoms with Crippen molar-refractivity contribution < 1.29 is 36.6 Å². The van der Waals surface area contributed by atoms with Crippen LogP contribution >= 0.6 is 0 Å². The van der Waals surface area contributed by atoms with Crippen LogP contribution in [0.2, 0.25) is 0 Å².